The molecule has 0 aromatic heterocycles. The Hall–Kier alpha value is -1.60. The molecule has 0 saturated carbocycles. The van der Waals surface area contributed by atoms with Crippen LogP contribution in [0.25, 0.3) is 0 Å². The second kappa shape index (κ2) is 4.76. The molecule has 0 fully saturated rings. The van der Waals surface area contributed by atoms with E-state index in [1.807, 2.05) is 0 Å². The molecule has 4 nitrogen and oxygen atoms in total. The van der Waals surface area contributed by atoms with Crippen molar-refractivity contribution in [1.82, 2.24) is 0 Å². The fraction of sp³-hybridized carbons (Fsp3) is 0.429. The van der Waals surface area contributed by atoms with Gasteiger partial charge in [-0.05, 0) is 0 Å². The van der Waals surface area contributed by atoms with Crippen LogP contribution in [0.5, 0.6) is 0 Å². The average molecular weight is 230 g/mol. The maximum Gasteiger partial charge on any atom is 0.332 e. The van der Waals surface area contributed by atoms with Crippen LogP contribution in [0.15, 0.2) is 11.6 Å². The van der Waals surface area contributed by atoms with Crippen LogP contribution in [0, 0.1) is 0 Å². The summed E-state index contributed by atoms with van der Waals surface area (Å²) in [6.45, 7) is 0. The van der Waals surface area contributed by atoms with Crippen LogP contribution in [-0.2, 0) is 9.59 Å². The molecule has 0 aliphatic carbocycles. The van der Waals surface area contributed by atoms with Gasteiger partial charge in [-0.15, -0.1) is 0 Å². The molecule has 86 valence electrons. The fourth-order valence-electron chi connectivity index (χ4n) is 0.669. The molecule has 0 aromatic rings. The topological polar surface area (TPSA) is 74.6 Å². The molecule has 0 aromatic carbocycles. The summed E-state index contributed by atoms with van der Waals surface area (Å²) in [5.41, 5.74) is -1.28. The lowest BCUT2D eigenvalue weighted by Crippen LogP contribution is -2.28. The van der Waals surface area contributed by atoms with Crippen molar-refractivity contribution in [3.8, 4) is 0 Å². The van der Waals surface area contributed by atoms with Gasteiger partial charge in [0.1, 0.15) is 0 Å². The Balaban J connectivity index is 4.86. The van der Waals surface area contributed by atoms with Gasteiger partial charge in [0.25, 0.3) is 0 Å². The van der Waals surface area contributed by atoms with Crippen LogP contribution in [0.2, 0.25) is 0 Å². The van der Waals surface area contributed by atoms with Gasteiger partial charge >= 0.3 is 24.3 Å². The van der Waals surface area contributed by atoms with E-state index in [9.17, 15) is 27.2 Å². The number of carbonyl (C=O) groups is 2. The van der Waals surface area contributed by atoms with Crippen LogP contribution in [0.3, 0.4) is 0 Å². The van der Waals surface area contributed by atoms with E-state index in [2.05, 4.69) is 0 Å². The second-order valence-electron chi connectivity index (χ2n) is 2.55. The van der Waals surface area contributed by atoms with Crippen LogP contribution in [0.1, 0.15) is 6.42 Å². The highest BCUT2D eigenvalue weighted by molar-refractivity contribution is 5.94. The number of aliphatic carboxylic acids is 2. The van der Waals surface area contributed by atoms with Gasteiger partial charge in [0.05, 0.1) is 5.57 Å². The van der Waals surface area contributed by atoms with Crippen molar-refractivity contribution < 1.29 is 37.4 Å². The Morgan fingerprint density at radius 2 is 1.73 bits per heavy atom. The minimum atomic E-state index is -4.56. The third kappa shape index (κ3) is 4.43. The molecular formula is C7H6F4O4. The second-order valence-corrected chi connectivity index (χ2v) is 2.55. The standard InChI is InChI=1S/C7H6F4O4/c8-6(9)7(10,11)2-3(5(14)15)1-4(12)13/h1,6H,2H2,(H,12,13)(H,14,15)/b3-1-. The average Bonchev–Trinajstić information content (AvgIpc) is 2.01. The summed E-state index contributed by atoms with van der Waals surface area (Å²) in [4.78, 5) is 20.2. The van der Waals surface area contributed by atoms with Gasteiger partial charge in [-0.25, -0.2) is 18.4 Å². The van der Waals surface area contributed by atoms with Crippen molar-refractivity contribution in [1.29, 1.82) is 0 Å². The number of rotatable bonds is 5. The SMILES string of the molecule is O=C(O)/C=C(/CC(F)(F)C(F)F)C(=O)O. The van der Waals surface area contributed by atoms with E-state index in [4.69, 9.17) is 10.2 Å². The first-order valence-electron chi connectivity index (χ1n) is 3.49. The lowest BCUT2D eigenvalue weighted by molar-refractivity contribution is -0.142. The van der Waals surface area contributed by atoms with Gasteiger partial charge in [-0.2, -0.15) is 8.78 Å². The molecule has 0 aliphatic rings. The summed E-state index contributed by atoms with van der Waals surface area (Å²) < 4.78 is 48.0. The van der Waals surface area contributed by atoms with Gasteiger partial charge in [0.2, 0.25) is 0 Å². The molecule has 0 rings (SSSR count). The fourth-order valence-corrected chi connectivity index (χ4v) is 0.669. The van der Waals surface area contributed by atoms with Crippen molar-refractivity contribution in [2.75, 3.05) is 0 Å². The highest BCUT2D eigenvalue weighted by Crippen LogP contribution is 2.30. The van der Waals surface area contributed by atoms with Crippen LogP contribution in [-0.4, -0.2) is 34.5 Å². The predicted molar refractivity (Wildman–Crippen MR) is 38.9 cm³/mol. The Morgan fingerprint density at radius 3 is 2.00 bits per heavy atom. The van der Waals surface area contributed by atoms with Gasteiger partial charge in [-0.1, -0.05) is 0 Å². The molecule has 15 heavy (non-hydrogen) atoms. The summed E-state index contributed by atoms with van der Waals surface area (Å²) in [5, 5.41) is 16.4. The molecule has 0 aliphatic heterocycles. The number of alkyl halides is 4. The molecule has 0 amide bonds. The van der Waals surface area contributed by atoms with Gasteiger partial charge in [-0.3, -0.25) is 0 Å². The van der Waals surface area contributed by atoms with Crippen molar-refractivity contribution in [3.05, 3.63) is 11.6 Å². The minimum Gasteiger partial charge on any atom is -0.478 e. The number of carboxylic acid groups (broad SMARTS) is 2. The first-order chi connectivity index (χ1) is 6.66. The Labute approximate surface area is 80.8 Å². The highest BCUT2D eigenvalue weighted by atomic mass is 19.3. The molecule has 0 saturated heterocycles. The van der Waals surface area contributed by atoms with Crippen molar-refractivity contribution in [3.63, 3.8) is 0 Å². The van der Waals surface area contributed by atoms with E-state index in [1.165, 1.54) is 0 Å². The summed E-state index contributed by atoms with van der Waals surface area (Å²) in [6.07, 6.45) is -5.92. The molecule has 8 heteroatoms. The van der Waals surface area contributed by atoms with E-state index in [1.54, 1.807) is 0 Å². The summed E-state index contributed by atoms with van der Waals surface area (Å²) in [7, 11) is 0. The van der Waals surface area contributed by atoms with Gasteiger partial charge < -0.3 is 10.2 Å². The first-order valence-corrected chi connectivity index (χ1v) is 3.49. The number of hydrogen-bond donors (Lipinski definition) is 2. The van der Waals surface area contributed by atoms with E-state index in [0.717, 1.165) is 0 Å². The normalized spacial score (nSPS) is 13.0. The Morgan fingerprint density at radius 1 is 1.27 bits per heavy atom. The van der Waals surface area contributed by atoms with Crippen LogP contribution in [0.4, 0.5) is 17.6 Å². The van der Waals surface area contributed by atoms with Crippen molar-refractivity contribution in [2.24, 2.45) is 0 Å². The Bertz CT molecular complexity index is 297. The largest absolute Gasteiger partial charge is 0.478 e. The van der Waals surface area contributed by atoms with Crippen LogP contribution >= 0.6 is 0 Å². The van der Waals surface area contributed by atoms with Gasteiger partial charge in [0.15, 0.2) is 0 Å². The molecule has 0 spiro atoms. The smallest absolute Gasteiger partial charge is 0.332 e. The lowest BCUT2D eigenvalue weighted by Gasteiger charge is -2.14. The van der Waals surface area contributed by atoms with E-state index in [-0.39, 0.29) is 6.08 Å². The predicted octanol–water partition coefficient (Wildman–Crippen LogP) is 1.37. The molecular weight excluding hydrogens is 224 g/mol. The van der Waals surface area contributed by atoms with Gasteiger partial charge in [0, 0.05) is 12.5 Å². The molecule has 0 atom stereocenters. The molecule has 0 heterocycles. The van der Waals surface area contributed by atoms with E-state index >= 15 is 0 Å². The molecule has 0 unspecified atom stereocenters. The number of hydrogen-bond acceptors (Lipinski definition) is 2. The third-order valence-electron chi connectivity index (χ3n) is 1.32. The van der Waals surface area contributed by atoms with Crippen molar-refractivity contribution >= 4 is 11.9 Å². The molecule has 2 N–H and O–H groups in total. The molecule has 0 bridgehead atoms. The third-order valence-corrected chi connectivity index (χ3v) is 1.32. The zero-order chi connectivity index (χ0) is 12.2. The molecule has 0 radical (unpaired) electrons. The van der Waals surface area contributed by atoms with Crippen LogP contribution < -0.4 is 0 Å². The number of halogens is 4. The quantitative estimate of drug-likeness (QED) is 0.552. The maximum absolute atomic E-state index is 12.4. The van der Waals surface area contributed by atoms with E-state index in [0.29, 0.717) is 0 Å². The summed E-state index contributed by atoms with van der Waals surface area (Å²) in [6, 6.07) is 0. The summed E-state index contributed by atoms with van der Waals surface area (Å²) in [5.74, 6) is -8.32. The van der Waals surface area contributed by atoms with Crippen molar-refractivity contribution in [2.45, 2.75) is 18.8 Å². The minimum absolute atomic E-state index is 0.0430. The first kappa shape index (κ1) is 13.4. The highest BCUT2D eigenvalue weighted by Gasteiger charge is 2.42. The zero-order valence-electron chi connectivity index (χ0n) is 7.08. The lowest BCUT2D eigenvalue weighted by atomic mass is 10.1. The zero-order valence-corrected chi connectivity index (χ0v) is 7.08. The summed E-state index contributed by atoms with van der Waals surface area (Å²) >= 11 is 0. The maximum atomic E-state index is 12.4. The number of carboxylic acids is 2. The Kier molecular flexibility index (Phi) is 4.25. The van der Waals surface area contributed by atoms with E-state index < -0.39 is 36.3 Å². The monoisotopic (exact) mass is 230 g/mol.